The lowest BCUT2D eigenvalue weighted by Crippen LogP contribution is -2.44. The maximum absolute atomic E-state index is 12.5. The van der Waals surface area contributed by atoms with Gasteiger partial charge in [-0.2, -0.15) is 0 Å². The number of sulfone groups is 1. The number of rotatable bonds is 7. The molecule has 0 aromatic heterocycles. The van der Waals surface area contributed by atoms with Gasteiger partial charge >= 0.3 is 5.97 Å². The summed E-state index contributed by atoms with van der Waals surface area (Å²) >= 11 is 0. The summed E-state index contributed by atoms with van der Waals surface area (Å²) in [6.45, 7) is -0.0917. The van der Waals surface area contributed by atoms with Gasteiger partial charge in [0.1, 0.15) is 5.75 Å². The van der Waals surface area contributed by atoms with Gasteiger partial charge in [-0.1, -0.05) is 18.2 Å². The molecule has 2 rings (SSSR count). The molecule has 132 valence electrons. The Labute approximate surface area is 141 Å². The molecule has 0 bridgehead atoms. The summed E-state index contributed by atoms with van der Waals surface area (Å²) in [6, 6.07) is 8.45. The molecular weight excluding hydrogens is 334 g/mol. The number of para-hydroxylation sites is 1. The first-order chi connectivity index (χ1) is 11.4. The lowest BCUT2D eigenvalue weighted by atomic mass is 10.2. The molecule has 7 nitrogen and oxygen atoms in total. The van der Waals surface area contributed by atoms with E-state index >= 15 is 0 Å². The molecule has 8 heteroatoms. The molecule has 1 aromatic rings. The minimum Gasteiger partial charge on any atom is -0.484 e. The summed E-state index contributed by atoms with van der Waals surface area (Å²) in [5, 5.41) is 0. The summed E-state index contributed by atoms with van der Waals surface area (Å²) in [4.78, 5) is 25.2. The lowest BCUT2D eigenvalue weighted by molar-refractivity contribution is -0.142. The van der Waals surface area contributed by atoms with E-state index in [0.717, 1.165) is 0 Å². The molecule has 0 saturated carbocycles. The number of methoxy groups -OCH3 is 1. The van der Waals surface area contributed by atoms with E-state index < -0.39 is 21.8 Å². The van der Waals surface area contributed by atoms with Gasteiger partial charge in [0.25, 0.3) is 5.91 Å². The average Bonchev–Trinajstić information content (AvgIpc) is 2.93. The van der Waals surface area contributed by atoms with Crippen LogP contribution < -0.4 is 4.74 Å². The lowest BCUT2D eigenvalue weighted by Gasteiger charge is -2.28. The summed E-state index contributed by atoms with van der Waals surface area (Å²) in [6.07, 6.45) is 0.394. The molecular formula is C16H21NO6S. The Morgan fingerprint density at radius 1 is 1.25 bits per heavy atom. The number of nitrogens with zero attached hydrogens (tertiary/aromatic N) is 1. The largest absolute Gasteiger partial charge is 0.484 e. The van der Waals surface area contributed by atoms with Crippen LogP contribution in [0.25, 0.3) is 0 Å². The van der Waals surface area contributed by atoms with Crippen LogP contribution in [0, 0.1) is 0 Å². The number of benzene rings is 1. The minimum absolute atomic E-state index is 0.0180. The van der Waals surface area contributed by atoms with E-state index in [1.807, 2.05) is 6.07 Å². The molecule has 1 fully saturated rings. The molecule has 0 radical (unpaired) electrons. The van der Waals surface area contributed by atoms with Crippen LogP contribution >= 0.6 is 0 Å². The summed E-state index contributed by atoms with van der Waals surface area (Å²) < 4.78 is 33.4. The predicted octanol–water partition coefficient (Wildman–Crippen LogP) is 0.644. The second-order valence-corrected chi connectivity index (χ2v) is 7.80. The van der Waals surface area contributed by atoms with E-state index in [-0.39, 0.29) is 37.0 Å². The molecule has 0 N–H and O–H groups in total. The van der Waals surface area contributed by atoms with E-state index in [1.165, 1.54) is 12.0 Å². The van der Waals surface area contributed by atoms with E-state index in [2.05, 4.69) is 4.74 Å². The molecule has 1 saturated heterocycles. The van der Waals surface area contributed by atoms with Gasteiger partial charge in [-0.25, -0.2) is 8.42 Å². The summed E-state index contributed by atoms with van der Waals surface area (Å²) in [5.41, 5.74) is 0. The Kier molecular flexibility index (Phi) is 6.19. The van der Waals surface area contributed by atoms with Crippen molar-refractivity contribution in [2.75, 3.05) is 31.8 Å². The zero-order valence-electron chi connectivity index (χ0n) is 13.5. The molecule has 1 unspecified atom stereocenters. The molecule has 24 heavy (non-hydrogen) atoms. The van der Waals surface area contributed by atoms with Gasteiger partial charge in [0.2, 0.25) is 0 Å². The van der Waals surface area contributed by atoms with Crippen molar-refractivity contribution >= 4 is 21.7 Å². The smallest absolute Gasteiger partial charge is 0.307 e. The number of esters is 1. The van der Waals surface area contributed by atoms with Crippen LogP contribution in [0.1, 0.15) is 12.8 Å². The van der Waals surface area contributed by atoms with E-state index in [0.29, 0.717) is 12.2 Å². The van der Waals surface area contributed by atoms with Crippen LogP contribution in [-0.2, 0) is 24.2 Å². The highest BCUT2D eigenvalue weighted by Crippen LogP contribution is 2.19. The van der Waals surface area contributed by atoms with E-state index in [4.69, 9.17) is 4.74 Å². The molecule has 0 spiro atoms. The van der Waals surface area contributed by atoms with Gasteiger partial charge in [0.05, 0.1) is 25.0 Å². The topological polar surface area (TPSA) is 90.0 Å². The van der Waals surface area contributed by atoms with E-state index in [1.54, 1.807) is 24.3 Å². The standard InChI is InChI=1S/C16H21NO6S/c1-22-16(19)7-9-17(13-8-10-24(20,21)12-13)15(18)11-23-14-5-3-2-4-6-14/h2-6,13H,7-12H2,1H3. The quantitative estimate of drug-likeness (QED) is 0.667. The Balaban J connectivity index is 2.00. The molecule has 1 aliphatic heterocycles. The SMILES string of the molecule is COC(=O)CCN(C(=O)COc1ccccc1)C1CCS(=O)(=O)C1. The number of carbonyl (C=O) groups excluding carboxylic acids is 2. The first-order valence-corrected chi connectivity index (χ1v) is 9.48. The molecule has 1 aliphatic rings. The van der Waals surface area contributed by atoms with Crippen LogP contribution in [0.3, 0.4) is 0 Å². The van der Waals surface area contributed by atoms with Crippen molar-refractivity contribution < 1.29 is 27.5 Å². The zero-order chi connectivity index (χ0) is 17.6. The second kappa shape index (κ2) is 8.14. The molecule has 1 atom stereocenters. The van der Waals surface area contributed by atoms with Crippen LogP contribution in [0.4, 0.5) is 0 Å². The normalized spacial score (nSPS) is 18.8. The first-order valence-electron chi connectivity index (χ1n) is 7.66. The van der Waals surface area contributed by atoms with Crippen LogP contribution in [0.15, 0.2) is 30.3 Å². The number of hydrogen-bond acceptors (Lipinski definition) is 6. The van der Waals surface area contributed by atoms with Crippen LogP contribution in [0.5, 0.6) is 5.75 Å². The third kappa shape index (κ3) is 5.23. The van der Waals surface area contributed by atoms with Gasteiger partial charge in [-0.05, 0) is 18.6 Å². The number of ether oxygens (including phenoxy) is 2. The molecule has 1 amide bonds. The van der Waals surface area contributed by atoms with Crippen molar-refractivity contribution in [2.45, 2.75) is 18.9 Å². The van der Waals surface area contributed by atoms with Crippen molar-refractivity contribution in [3.8, 4) is 5.75 Å². The summed E-state index contributed by atoms with van der Waals surface area (Å²) in [7, 11) is -1.87. The highest BCUT2D eigenvalue weighted by atomic mass is 32.2. The first kappa shape index (κ1) is 18.3. The van der Waals surface area contributed by atoms with Crippen molar-refractivity contribution in [1.29, 1.82) is 0 Å². The highest BCUT2D eigenvalue weighted by molar-refractivity contribution is 7.91. The van der Waals surface area contributed by atoms with Crippen molar-refractivity contribution in [3.05, 3.63) is 30.3 Å². The van der Waals surface area contributed by atoms with Gasteiger partial charge in [0, 0.05) is 12.6 Å². The Hall–Kier alpha value is -2.09. The fraction of sp³-hybridized carbons (Fsp3) is 0.500. The molecule has 1 aromatic carbocycles. The maximum atomic E-state index is 12.5. The number of hydrogen-bond donors (Lipinski definition) is 0. The monoisotopic (exact) mass is 355 g/mol. The van der Waals surface area contributed by atoms with Gasteiger partial charge in [-0.3, -0.25) is 9.59 Å². The van der Waals surface area contributed by atoms with Crippen molar-refractivity contribution in [2.24, 2.45) is 0 Å². The number of amides is 1. The fourth-order valence-corrected chi connectivity index (χ4v) is 4.32. The Morgan fingerprint density at radius 3 is 2.54 bits per heavy atom. The van der Waals surface area contributed by atoms with Crippen molar-refractivity contribution in [3.63, 3.8) is 0 Å². The van der Waals surface area contributed by atoms with Crippen LogP contribution in [-0.4, -0.2) is 63.0 Å². The van der Waals surface area contributed by atoms with Crippen molar-refractivity contribution in [1.82, 2.24) is 4.90 Å². The predicted molar refractivity (Wildman–Crippen MR) is 87.3 cm³/mol. The summed E-state index contributed by atoms with van der Waals surface area (Å²) in [5.74, 6) is -0.259. The maximum Gasteiger partial charge on any atom is 0.307 e. The average molecular weight is 355 g/mol. The number of carbonyl (C=O) groups is 2. The van der Waals surface area contributed by atoms with Gasteiger partial charge in [0.15, 0.2) is 16.4 Å². The molecule has 0 aliphatic carbocycles. The second-order valence-electron chi connectivity index (χ2n) is 5.57. The zero-order valence-corrected chi connectivity index (χ0v) is 14.3. The van der Waals surface area contributed by atoms with Crippen LogP contribution in [0.2, 0.25) is 0 Å². The molecule has 1 heterocycles. The third-order valence-electron chi connectivity index (χ3n) is 3.86. The minimum atomic E-state index is -3.14. The third-order valence-corrected chi connectivity index (χ3v) is 5.61. The van der Waals surface area contributed by atoms with E-state index in [9.17, 15) is 18.0 Å². The Bertz CT molecular complexity index is 673. The Morgan fingerprint density at radius 2 is 1.96 bits per heavy atom. The van der Waals surface area contributed by atoms with Gasteiger partial charge < -0.3 is 14.4 Å². The van der Waals surface area contributed by atoms with Gasteiger partial charge in [-0.15, -0.1) is 0 Å². The fourth-order valence-electron chi connectivity index (χ4n) is 2.59. The highest BCUT2D eigenvalue weighted by Gasteiger charge is 2.34.